The molecule has 1 amide bonds. The van der Waals surface area contributed by atoms with Gasteiger partial charge < -0.3 is 10.2 Å². The number of fused-ring (bicyclic) bond motifs is 1. The lowest BCUT2D eigenvalue weighted by Crippen LogP contribution is -2.50. The maximum atomic E-state index is 12.8. The molecule has 2 heterocycles. The summed E-state index contributed by atoms with van der Waals surface area (Å²) in [5, 5.41) is 12.5. The monoisotopic (exact) mass is 438 g/mol. The first-order valence-corrected chi connectivity index (χ1v) is 12.0. The van der Waals surface area contributed by atoms with E-state index in [4.69, 9.17) is 0 Å². The van der Waals surface area contributed by atoms with Crippen LogP contribution in [0.2, 0.25) is 0 Å². The summed E-state index contributed by atoms with van der Waals surface area (Å²) < 4.78 is 28.1. The van der Waals surface area contributed by atoms with Crippen LogP contribution in [-0.2, 0) is 34.2 Å². The van der Waals surface area contributed by atoms with Gasteiger partial charge in [0.2, 0.25) is 15.9 Å². The summed E-state index contributed by atoms with van der Waals surface area (Å²) in [5.74, 6) is -0.0472. The molecule has 31 heavy (non-hydrogen) atoms. The van der Waals surface area contributed by atoms with Gasteiger partial charge in [0, 0.05) is 19.6 Å². The molecule has 7 nitrogen and oxygen atoms in total. The first kappa shape index (κ1) is 21.5. The summed E-state index contributed by atoms with van der Waals surface area (Å²) in [7, 11) is -3.61. The van der Waals surface area contributed by atoms with Crippen LogP contribution in [0.25, 0.3) is 0 Å². The Morgan fingerprint density at radius 1 is 1.19 bits per heavy atom. The van der Waals surface area contributed by atoms with Crippen LogP contribution in [0.5, 0.6) is 0 Å². The van der Waals surface area contributed by atoms with Crippen LogP contribution in [0.1, 0.15) is 29.5 Å². The number of benzene rings is 2. The maximum absolute atomic E-state index is 12.8. The van der Waals surface area contributed by atoms with Crippen LogP contribution in [0.4, 0.5) is 0 Å². The van der Waals surface area contributed by atoms with Crippen molar-refractivity contribution in [1.82, 2.24) is 14.9 Å². The molecule has 0 bridgehead atoms. The Morgan fingerprint density at radius 2 is 2.00 bits per heavy atom. The largest absolute Gasteiger partial charge is 0.325 e. The third kappa shape index (κ3) is 4.79. The van der Waals surface area contributed by atoms with Gasteiger partial charge in [-0.1, -0.05) is 36.4 Å². The van der Waals surface area contributed by atoms with Crippen molar-refractivity contribution in [3.63, 3.8) is 0 Å². The molecule has 2 aliphatic heterocycles. The molecule has 0 aromatic heterocycles. The minimum atomic E-state index is -3.61. The van der Waals surface area contributed by atoms with Crippen molar-refractivity contribution in [2.24, 2.45) is 0 Å². The molecule has 8 heteroatoms. The van der Waals surface area contributed by atoms with Crippen LogP contribution in [0, 0.1) is 11.3 Å². The van der Waals surface area contributed by atoms with Gasteiger partial charge >= 0.3 is 0 Å². The lowest BCUT2D eigenvalue weighted by atomic mass is 9.95. The lowest BCUT2D eigenvalue weighted by Gasteiger charge is -2.30. The predicted molar refractivity (Wildman–Crippen MR) is 116 cm³/mol. The molecule has 2 aromatic carbocycles. The second-order valence-corrected chi connectivity index (χ2v) is 9.79. The van der Waals surface area contributed by atoms with Crippen molar-refractivity contribution < 1.29 is 13.2 Å². The Balaban J connectivity index is 1.40. The SMILES string of the molecule is N#C[C@@H]1CCCN1C(=O)[C@@H]1Cc2ccc(S(=O)(=O)NCCc3ccccc3)cc2CN1. The van der Waals surface area contributed by atoms with Gasteiger partial charge in [-0.25, -0.2) is 13.1 Å². The number of nitrogens with one attached hydrogen (secondary N) is 2. The van der Waals surface area contributed by atoms with Gasteiger partial charge in [0.05, 0.1) is 17.0 Å². The van der Waals surface area contributed by atoms with Gasteiger partial charge in [-0.3, -0.25) is 4.79 Å². The molecule has 2 aliphatic rings. The third-order valence-corrected chi connectivity index (χ3v) is 7.44. The van der Waals surface area contributed by atoms with E-state index in [1.54, 1.807) is 23.1 Å². The molecular weight excluding hydrogens is 412 g/mol. The zero-order valence-corrected chi connectivity index (χ0v) is 18.1. The summed E-state index contributed by atoms with van der Waals surface area (Å²) in [4.78, 5) is 14.7. The van der Waals surface area contributed by atoms with Gasteiger partial charge in [0.25, 0.3) is 0 Å². The Hall–Kier alpha value is -2.73. The topological polar surface area (TPSA) is 102 Å². The van der Waals surface area contributed by atoms with Gasteiger partial charge in [-0.2, -0.15) is 5.26 Å². The normalized spacial score (nSPS) is 20.8. The molecular formula is C23H26N4O3S. The van der Waals surface area contributed by atoms with Crippen LogP contribution in [0.3, 0.4) is 0 Å². The Kier molecular flexibility index (Phi) is 6.37. The fraction of sp³-hybridized carbons (Fsp3) is 0.391. The first-order chi connectivity index (χ1) is 15.0. The molecule has 2 atom stereocenters. The summed E-state index contributed by atoms with van der Waals surface area (Å²) >= 11 is 0. The van der Waals surface area contributed by atoms with E-state index >= 15 is 0 Å². The highest BCUT2D eigenvalue weighted by Crippen LogP contribution is 2.24. The Labute approximate surface area is 183 Å². The first-order valence-electron chi connectivity index (χ1n) is 10.6. The van der Waals surface area contributed by atoms with Crippen molar-refractivity contribution >= 4 is 15.9 Å². The standard InChI is InChI=1S/C23H26N4O3S/c24-15-20-7-4-12-27(20)23(28)22-14-18-8-9-21(13-19(18)16-25-22)31(29,30)26-11-10-17-5-2-1-3-6-17/h1-3,5-6,8-9,13,20,22,25-26H,4,7,10-12,14,16H2/t20-,22-/m0/s1. The molecule has 1 fully saturated rings. The van der Waals surface area contributed by atoms with E-state index < -0.39 is 10.0 Å². The Bertz CT molecular complexity index is 1100. The van der Waals surface area contributed by atoms with Crippen molar-refractivity contribution in [2.75, 3.05) is 13.1 Å². The van der Waals surface area contributed by atoms with Crippen molar-refractivity contribution in [3.8, 4) is 6.07 Å². The molecule has 0 unspecified atom stereocenters. The number of carbonyl (C=O) groups excluding carboxylic acids is 1. The third-order valence-electron chi connectivity index (χ3n) is 5.98. The van der Waals surface area contributed by atoms with Crippen LogP contribution < -0.4 is 10.0 Å². The maximum Gasteiger partial charge on any atom is 0.241 e. The van der Waals surface area contributed by atoms with Gasteiger partial charge in [0.1, 0.15) is 6.04 Å². The molecule has 2 N–H and O–H groups in total. The van der Waals surface area contributed by atoms with E-state index in [2.05, 4.69) is 16.1 Å². The second-order valence-electron chi connectivity index (χ2n) is 8.02. The van der Waals surface area contributed by atoms with E-state index in [0.717, 1.165) is 29.5 Å². The van der Waals surface area contributed by atoms with Crippen LogP contribution >= 0.6 is 0 Å². The second kappa shape index (κ2) is 9.18. The van der Waals surface area contributed by atoms with Gasteiger partial charge in [-0.05, 0) is 54.5 Å². The zero-order valence-electron chi connectivity index (χ0n) is 17.3. The van der Waals surface area contributed by atoms with E-state index in [9.17, 15) is 18.5 Å². The fourth-order valence-electron chi connectivity index (χ4n) is 4.26. The quantitative estimate of drug-likeness (QED) is 0.715. The van der Waals surface area contributed by atoms with Crippen molar-refractivity contribution in [1.29, 1.82) is 5.26 Å². The number of carbonyl (C=O) groups is 1. The average molecular weight is 439 g/mol. The Morgan fingerprint density at radius 3 is 2.77 bits per heavy atom. The van der Waals surface area contributed by atoms with E-state index in [0.29, 0.717) is 32.5 Å². The lowest BCUT2D eigenvalue weighted by molar-refractivity contribution is -0.133. The highest BCUT2D eigenvalue weighted by molar-refractivity contribution is 7.89. The van der Waals surface area contributed by atoms with Crippen molar-refractivity contribution in [2.45, 2.75) is 49.2 Å². The summed E-state index contributed by atoms with van der Waals surface area (Å²) in [6.45, 7) is 1.37. The summed E-state index contributed by atoms with van der Waals surface area (Å²) in [6.07, 6.45) is 2.69. The van der Waals surface area contributed by atoms with Gasteiger partial charge in [-0.15, -0.1) is 0 Å². The molecule has 0 spiro atoms. The summed E-state index contributed by atoms with van der Waals surface area (Å²) in [6, 6.07) is 16.3. The molecule has 0 saturated carbocycles. The van der Waals surface area contributed by atoms with E-state index in [1.165, 1.54) is 0 Å². The minimum Gasteiger partial charge on any atom is -0.325 e. The number of nitrogens with zero attached hydrogens (tertiary/aromatic N) is 2. The number of amides is 1. The minimum absolute atomic E-state index is 0.0472. The van der Waals surface area contributed by atoms with Crippen LogP contribution in [0.15, 0.2) is 53.4 Å². The number of hydrogen-bond acceptors (Lipinski definition) is 5. The fourth-order valence-corrected chi connectivity index (χ4v) is 5.34. The predicted octanol–water partition coefficient (Wildman–Crippen LogP) is 1.74. The van der Waals surface area contributed by atoms with Crippen molar-refractivity contribution in [3.05, 3.63) is 65.2 Å². The smallest absolute Gasteiger partial charge is 0.241 e. The number of rotatable bonds is 6. The summed E-state index contributed by atoms with van der Waals surface area (Å²) in [5.41, 5.74) is 2.92. The zero-order chi connectivity index (χ0) is 21.8. The highest BCUT2D eigenvalue weighted by atomic mass is 32.2. The number of hydrogen-bond donors (Lipinski definition) is 2. The molecule has 0 aliphatic carbocycles. The van der Waals surface area contributed by atoms with E-state index in [-0.39, 0.29) is 22.9 Å². The molecule has 4 rings (SSSR count). The van der Waals surface area contributed by atoms with E-state index in [1.807, 2.05) is 30.3 Å². The number of sulfonamides is 1. The molecule has 162 valence electrons. The van der Waals surface area contributed by atoms with Gasteiger partial charge in [0.15, 0.2) is 0 Å². The molecule has 1 saturated heterocycles. The van der Waals surface area contributed by atoms with Crippen LogP contribution in [-0.4, -0.2) is 44.4 Å². The highest BCUT2D eigenvalue weighted by Gasteiger charge is 2.34. The molecule has 2 aromatic rings. The number of likely N-dealkylation sites (tertiary alicyclic amines) is 1. The number of nitriles is 1. The molecule has 0 radical (unpaired) electrons. The average Bonchev–Trinajstić information content (AvgIpc) is 3.27.